The first-order valence-corrected chi connectivity index (χ1v) is 6.98. The Morgan fingerprint density at radius 3 is 1.19 bits per heavy atom. The summed E-state index contributed by atoms with van der Waals surface area (Å²) in [6, 6.07) is 0. The molecule has 2 nitrogen and oxygen atoms in total. The van der Waals surface area contributed by atoms with Crippen LogP contribution in [0, 0.1) is 0 Å². The van der Waals surface area contributed by atoms with Crippen LogP contribution in [0.15, 0.2) is 0 Å². The van der Waals surface area contributed by atoms with Gasteiger partial charge in [0, 0.05) is 0 Å². The molecule has 0 aliphatic carbocycles. The molecule has 0 atom stereocenters. The van der Waals surface area contributed by atoms with Gasteiger partial charge in [-0.25, -0.2) is 11.9 Å². The first-order chi connectivity index (χ1) is 7.68. The number of rotatable bonds is 9. The topological polar surface area (TPSA) is 23.1 Å². The summed E-state index contributed by atoms with van der Waals surface area (Å²) in [6.07, 6.45) is 8.20. The van der Waals surface area contributed by atoms with E-state index in [1.54, 1.807) is 0 Å². The third-order valence-electron chi connectivity index (χ3n) is 3.15. The second-order valence-electron chi connectivity index (χ2n) is 4.85. The average Bonchev–Trinajstić information content (AvgIpc) is 2.34. The lowest BCUT2D eigenvalue weighted by atomic mass is 10.2. The minimum absolute atomic E-state index is 1.32. The normalized spacial score (nSPS) is 10.9. The SMILES string of the molecule is CCCC[N+](C)(CCCC)CCCC.[O-]Cl. The fourth-order valence-corrected chi connectivity index (χ4v) is 1.95. The number of halogens is 1. The average molecular weight is 252 g/mol. The molecule has 0 aliphatic heterocycles. The van der Waals surface area contributed by atoms with Gasteiger partial charge in [0.2, 0.25) is 0 Å². The number of unbranched alkanes of at least 4 members (excludes halogenated alkanes) is 3. The van der Waals surface area contributed by atoms with E-state index in [4.69, 9.17) is 4.66 Å². The maximum absolute atomic E-state index is 7.72. The predicted molar refractivity (Wildman–Crippen MR) is 71.4 cm³/mol. The molecule has 0 spiro atoms. The van der Waals surface area contributed by atoms with Crippen LogP contribution in [0.25, 0.3) is 0 Å². The Bertz CT molecular complexity index is 109. The molecule has 0 N–H and O–H groups in total. The van der Waals surface area contributed by atoms with Crippen LogP contribution in [0.3, 0.4) is 0 Å². The lowest BCUT2D eigenvalue weighted by Gasteiger charge is -2.34. The van der Waals surface area contributed by atoms with E-state index in [-0.39, 0.29) is 0 Å². The summed E-state index contributed by atoms with van der Waals surface area (Å²) < 4.78 is 9.04. The zero-order chi connectivity index (χ0) is 12.9. The smallest absolute Gasteiger partial charge is 0.0784 e. The third kappa shape index (κ3) is 10.7. The van der Waals surface area contributed by atoms with Crippen molar-refractivity contribution in [1.29, 1.82) is 0 Å². The van der Waals surface area contributed by atoms with Crippen molar-refractivity contribution >= 4 is 11.9 Å². The van der Waals surface area contributed by atoms with Gasteiger partial charge in [-0.3, -0.25) is 0 Å². The summed E-state index contributed by atoms with van der Waals surface area (Å²) in [7, 11) is 2.45. The number of nitrogens with zero attached hydrogens (tertiary/aromatic N) is 1. The molecule has 0 radical (unpaired) electrons. The molecule has 0 fully saturated rings. The van der Waals surface area contributed by atoms with Crippen LogP contribution >= 0.6 is 11.9 Å². The zero-order valence-electron chi connectivity index (χ0n) is 11.6. The lowest BCUT2D eigenvalue weighted by Crippen LogP contribution is -2.46. The Balaban J connectivity index is 0. The first kappa shape index (κ1) is 18.6. The maximum Gasteiger partial charge on any atom is 0.0784 e. The van der Waals surface area contributed by atoms with Gasteiger partial charge in [-0.1, -0.05) is 40.0 Å². The van der Waals surface area contributed by atoms with E-state index in [0.717, 1.165) is 0 Å². The quantitative estimate of drug-likeness (QED) is 0.577. The standard InChI is InChI=1S/C13H30N.ClO/c1-5-8-11-14(4,12-9-6-2)13-10-7-3;1-2/h5-13H2,1-4H3;/q+1;-1. The molecule has 0 amide bonds. The van der Waals surface area contributed by atoms with Crippen LogP contribution in [0.1, 0.15) is 59.3 Å². The van der Waals surface area contributed by atoms with Gasteiger partial charge in [0.05, 0.1) is 26.7 Å². The van der Waals surface area contributed by atoms with Crippen molar-refractivity contribution in [2.24, 2.45) is 0 Å². The van der Waals surface area contributed by atoms with Crippen molar-refractivity contribution in [3.8, 4) is 0 Å². The largest absolute Gasteiger partial charge is 0.769 e. The van der Waals surface area contributed by atoms with Crippen LogP contribution in [0.2, 0.25) is 0 Å². The minimum Gasteiger partial charge on any atom is -0.769 e. The van der Waals surface area contributed by atoms with Gasteiger partial charge in [0.15, 0.2) is 0 Å². The van der Waals surface area contributed by atoms with Crippen molar-refractivity contribution in [1.82, 2.24) is 0 Å². The van der Waals surface area contributed by atoms with Crippen LogP contribution in [-0.4, -0.2) is 31.2 Å². The van der Waals surface area contributed by atoms with Crippen molar-refractivity contribution in [2.45, 2.75) is 59.3 Å². The van der Waals surface area contributed by atoms with E-state index in [9.17, 15) is 0 Å². The molecule has 0 rings (SSSR count). The molecule has 100 valence electrons. The Morgan fingerprint density at radius 2 is 1.00 bits per heavy atom. The van der Waals surface area contributed by atoms with Gasteiger partial charge in [-0.15, -0.1) is 0 Å². The van der Waals surface area contributed by atoms with Gasteiger partial charge < -0.3 is 9.14 Å². The summed E-state index contributed by atoms with van der Waals surface area (Å²) in [6.45, 7) is 11.0. The first-order valence-electron chi connectivity index (χ1n) is 6.67. The van der Waals surface area contributed by atoms with Crippen LogP contribution in [0.5, 0.6) is 0 Å². The summed E-state index contributed by atoms with van der Waals surface area (Å²) >= 11 is 3.39. The van der Waals surface area contributed by atoms with Crippen LogP contribution in [0.4, 0.5) is 0 Å². The fourth-order valence-electron chi connectivity index (χ4n) is 1.95. The van der Waals surface area contributed by atoms with Gasteiger partial charge in [0.1, 0.15) is 0 Å². The van der Waals surface area contributed by atoms with Gasteiger partial charge >= 0.3 is 0 Å². The molecule has 3 heteroatoms. The van der Waals surface area contributed by atoms with Crippen LogP contribution < -0.4 is 4.66 Å². The van der Waals surface area contributed by atoms with Gasteiger partial charge in [0.25, 0.3) is 0 Å². The number of hydrogen-bond acceptors (Lipinski definition) is 1. The lowest BCUT2D eigenvalue weighted by molar-refractivity contribution is -0.910. The molecule has 0 unspecified atom stereocenters. The zero-order valence-corrected chi connectivity index (χ0v) is 12.4. The fraction of sp³-hybridized carbons (Fsp3) is 1.00. The Labute approximate surface area is 107 Å². The van der Waals surface area contributed by atoms with Crippen molar-refractivity contribution in [3.63, 3.8) is 0 Å². The highest BCUT2D eigenvalue weighted by Crippen LogP contribution is 2.10. The van der Waals surface area contributed by atoms with E-state index >= 15 is 0 Å². The van der Waals surface area contributed by atoms with E-state index < -0.39 is 0 Å². The molecule has 0 heterocycles. The monoisotopic (exact) mass is 251 g/mol. The Hall–Kier alpha value is 0.210. The third-order valence-corrected chi connectivity index (χ3v) is 3.15. The molecular weight excluding hydrogens is 222 g/mol. The highest BCUT2D eigenvalue weighted by Gasteiger charge is 2.18. The molecule has 0 bridgehead atoms. The minimum atomic E-state index is 1.32. The molecule has 0 saturated carbocycles. The summed E-state index contributed by atoms with van der Waals surface area (Å²) in [5.41, 5.74) is 0. The highest BCUT2D eigenvalue weighted by molar-refractivity contribution is 6.02. The highest BCUT2D eigenvalue weighted by atomic mass is 35.5. The summed E-state index contributed by atoms with van der Waals surface area (Å²) in [4.78, 5) is 0. The van der Waals surface area contributed by atoms with Crippen LogP contribution in [-0.2, 0) is 0 Å². The summed E-state index contributed by atoms with van der Waals surface area (Å²) in [5, 5.41) is 0. The molecule has 16 heavy (non-hydrogen) atoms. The Morgan fingerprint density at radius 1 is 0.750 bits per heavy atom. The van der Waals surface area contributed by atoms with E-state index in [0.29, 0.717) is 0 Å². The predicted octanol–water partition coefficient (Wildman–Crippen LogP) is 3.33. The number of quaternary nitrogens is 1. The molecular formula is C13H30ClNO. The maximum atomic E-state index is 7.72. The molecule has 0 aliphatic rings. The molecule has 0 aromatic carbocycles. The van der Waals surface area contributed by atoms with E-state index in [1.807, 2.05) is 0 Å². The number of hydrogen-bond donors (Lipinski definition) is 0. The second-order valence-corrected chi connectivity index (χ2v) is 4.85. The molecule has 0 aromatic rings. The van der Waals surface area contributed by atoms with Gasteiger partial charge in [-0.2, -0.15) is 0 Å². The molecule has 0 aromatic heterocycles. The summed E-state index contributed by atoms with van der Waals surface area (Å²) in [5.74, 6) is 0. The molecule has 0 saturated heterocycles. The van der Waals surface area contributed by atoms with Crippen molar-refractivity contribution in [2.75, 3.05) is 26.7 Å². The van der Waals surface area contributed by atoms with E-state index in [1.165, 1.54) is 62.6 Å². The van der Waals surface area contributed by atoms with Crippen molar-refractivity contribution < 1.29 is 9.14 Å². The Kier molecular flexibility index (Phi) is 15.4. The second kappa shape index (κ2) is 13.3. The van der Waals surface area contributed by atoms with Gasteiger partial charge in [-0.05, 0) is 19.3 Å². The van der Waals surface area contributed by atoms with Crippen molar-refractivity contribution in [3.05, 3.63) is 0 Å². The van der Waals surface area contributed by atoms with E-state index in [2.05, 4.69) is 39.7 Å².